The Bertz CT molecular complexity index is 632. The van der Waals surface area contributed by atoms with Gasteiger partial charge in [0, 0.05) is 7.05 Å². The molecule has 5 heteroatoms. The molecule has 92 valence electrons. The van der Waals surface area contributed by atoms with Crippen molar-refractivity contribution in [3.8, 4) is 11.3 Å². The first-order chi connectivity index (χ1) is 8.65. The zero-order chi connectivity index (χ0) is 13.1. The van der Waals surface area contributed by atoms with Crippen molar-refractivity contribution < 1.29 is 4.79 Å². The number of hydrogen-bond donors (Lipinski definition) is 2. The molecule has 1 amide bonds. The molecule has 0 fully saturated rings. The van der Waals surface area contributed by atoms with Crippen LogP contribution >= 0.6 is 0 Å². The maximum absolute atomic E-state index is 12.0. The molecule has 0 aliphatic carbocycles. The molecule has 0 saturated heterocycles. The fraction of sp³-hybridized carbons (Fsp3) is 0.0769. The summed E-state index contributed by atoms with van der Waals surface area (Å²) in [6.07, 6.45) is 0. The summed E-state index contributed by atoms with van der Waals surface area (Å²) in [7, 11) is 1.62. The Morgan fingerprint density at radius 1 is 1.17 bits per heavy atom. The second kappa shape index (κ2) is 4.85. The van der Waals surface area contributed by atoms with Gasteiger partial charge < -0.3 is 4.57 Å². The highest BCUT2D eigenvalue weighted by atomic mass is 16.2. The van der Waals surface area contributed by atoms with E-state index in [2.05, 4.69) is 0 Å². The molecule has 0 spiro atoms. The number of nitrogens with one attached hydrogen (secondary N) is 1. The molecule has 0 saturated carbocycles. The van der Waals surface area contributed by atoms with Crippen molar-refractivity contribution in [3.05, 3.63) is 58.4 Å². The van der Waals surface area contributed by atoms with Gasteiger partial charge in [-0.05, 0) is 17.7 Å². The maximum Gasteiger partial charge on any atom is 0.270 e. The van der Waals surface area contributed by atoms with Gasteiger partial charge in [-0.3, -0.25) is 15.0 Å². The monoisotopic (exact) mass is 243 g/mol. The molecule has 0 bridgehead atoms. The van der Waals surface area contributed by atoms with Crippen LogP contribution in [0.3, 0.4) is 0 Å². The Labute approximate surface area is 104 Å². The number of amides is 1. The molecule has 0 aliphatic heterocycles. The van der Waals surface area contributed by atoms with Crippen molar-refractivity contribution in [2.45, 2.75) is 0 Å². The topological polar surface area (TPSA) is 77.1 Å². The fourth-order valence-corrected chi connectivity index (χ4v) is 1.78. The van der Waals surface area contributed by atoms with Crippen molar-refractivity contribution >= 4 is 5.91 Å². The van der Waals surface area contributed by atoms with Crippen LogP contribution in [0.25, 0.3) is 11.3 Å². The summed E-state index contributed by atoms with van der Waals surface area (Å²) in [6.45, 7) is 0. The van der Waals surface area contributed by atoms with E-state index in [0.29, 0.717) is 0 Å². The minimum atomic E-state index is -0.588. The molecule has 2 rings (SSSR count). The van der Waals surface area contributed by atoms with E-state index in [9.17, 15) is 9.59 Å². The lowest BCUT2D eigenvalue weighted by molar-refractivity contribution is 0.0951. The van der Waals surface area contributed by atoms with Crippen LogP contribution in [0.4, 0.5) is 0 Å². The van der Waals surface area contributed by atoms with E-state index in [-0.39, 0.29) is 11.1 Å². The number of nitrogens with two attached hydrogens (primary N) is 1. The molecule has 1 aromatic heterocycles. The quantitative estimate of drug-likeness (QED) is 0.462. The standard InChI is InChI=1S/C13H13N3O2/c1-16-11(9-5-3-2-4-6-9)8-7-10(13(16)18)12(17)15-14/h2-8H,14H2,1H3,(H,15,17). The molecule has 3 N–H and O–H groups in total. The lowest BCUT2D eigenvalue weighted by atomic mass is 10.1. The number of nitrogen functional groups attached to an aromatic ring is 1. The van der Waals surface area contributed by atoms with Crippen molar-refractivity contribution in [1.29, 1.82) is 0 Å². The Morgan fingerprint density at radius 3 is 2.44 bits per heavy atom. The predicted octanol–water partition coefficient (Wildman–Crippen LogP) is 0.656. The molecule has 5 nitrogen and oxygen atoms in total. The number of nitrogens with zero attached hydrogens (tertiary/aromatic N) is 1. The Kier molecular flexibility index (Phi) is 3.25. The summed E-state index contributed by atoms with van der Waals surface area (Å²) >= 11 is 0. The zero-order valence-corrected chi connectivity index (χ0v) is 9.88. The molecule has 1 aromatic carbocycles. The van der Waals surface area contributed by atoms with Crippen LogP contribution in [-0.4, -0.2) is 10.5 Å². The molecule has 0 radical (unpaired) electrons. The number of rotatable bonds is 2. The molecular formula is C13H13N3O2. The van der Waals surface area contributed by atoms with Gasteiger partial charge in [0.2, 0.25) is 0 Å². The third-order valence-corrected chi connectivity index (χ3v) is 2.75. The van der Waals surface area contributed by atoms with Crippen LogP contribution in [0.5, 0.6) is 0 Å². The second-order valence-electron chi connectivity index (χ2n) is 3.84. The Hall–Kier alpha value is -2.40. The largest absolute Gasteiger partial charge is 0.311 e. The van der Waals surface area contributed by atoms with Crippen molar-refractivity contribution in [2.75, 3.05) is 0 Å². The predicted molar refractivity (Wildman–Crippen MR) is 68.8 cm³/mol. The van der Waals surface area contributed by atoms with Crippen LogP contribution in [-0.2, 0) is 7.05 Å². The first-order valence-corrected chi connectivity index (χ1v) is 5.41. The third-order valence-electron chi connectivity index (χ3n) is 2.75. The Morgan fingerprint density at radius 2 is 1.83 bits per heavy atom. The van der Waals surface area contributed by atoms with E-state index < -0.39 is 5.91 Å². The SMILES string of the molecule is Cn1c(-c2ccccc2)ccc(C(=O)NN)c1=O. The van der Waals surface area contributed by atoms with Gasteiger partial charge in [0.25, 0.3) is 11.5 Å². The molecule has 18 heavy (non-hydrogen) atoms. The number of hydrazine groups is 1. The first kappa shape index (κ1) is 12.1. The van der Waals surface area contributed by atoms with Gasteiger partial charge in [-0.15, -0.1) is 0 Å². The summed E-state index contributed by atoms with van der Waals surface area (Å²) in [5, 5.41) is 0. The van der Waals surface area contributed by atoms with Gasteiger partial charge in [0.05, 0.1) is 5.69 Å². The van der Waals surface area contributed by atoms with Crippen molar-refractivity contribution in [1.82, 2.24) is 9.99 Å². The highest BCUT2D eigenvalue weighted by Gasteiger charge is 2.12. The summed E-state index contributed by atoms with van der Waals surface area (Å²) in [6, 6.07) is 12.7. The van der Waals surface area contributed by atoms with E-state index in [1.165, 1.54) is 10.6 Å². The number of carbonyl (C=O) groups excluding carboxylic acids is 1. The van der Waals surface area contributed by atoms with E-state index in [1.54, 1.807) is 13.1 Å². The van der Waals surface area contributed by atoms with E-state index >= 15 is 0 Å². The second-order valence-corrected chi connectivity index (χ2v) is 3.84. The molecular weight excluding hydrogens is 230 g/mol. The minimum Gasteiger partial charge on any atom is -0.311 e. The number of benzene rings is 1. The van der Waals surface area contributed by atoms with Gasteiger partial charge >= 0.3 is 0 Å². The molecule has 0 aliphatic rings. The molecule has 1 heterocycles. The molecule has 0 unspecified atom stereocenters. The van der Waals surface area contributed by atoms with Crippen LogP contribution in [0.2, 0.25) is 0 Å². The molecule has 2 aromatic rings. The highest BCUT2D eigenvalue weighted by Crippen LogP contribution is 2.16. The van der Waals surface area contributed by atoms with Gasteiger partial charge in [0.15, 0.2) is 0 Å². The lowest BCUT2D eigenvalue weighted by Gasteiger charge is -2.09. The zero-order valence-electron chi connectivity index (χ0n) is 9.88. The van der Waals surface area contributed by atoms with Crippen LogP contribution in [0.15, 0.2) is 47.3 Å². The van der Waals surface area contributed by atoms with Crippen molar-refractivity contribution in [3.63, 3.8) is 0 Å². The smallest absolute Gasteiger partial charge is 0.270 e. The average Bonchev–Trinajstić information content (AvgIpc) is 2.42. The summed E-state index contributed by atoms with van der Waals surface area (Å²) in [5.41, 5.74) is 3.27. The minimum absolute atomic E-state index is 0.0275. The van der Waals surface area contributed by atoms with Gasteiger partial charge in [-0.1, -0.05) is 30.3 Å². The fourth-order valence-electron chi connectivity index (χ4n) is 1.78. The van der Waals surface area contributed by atoms with Gasteiger partial charge in [-0.25, -0.2) is 5.84 Å². The van der Waals surface area contributed by atoms with E-state index in [0.717, 1.165) is 11.3 Å². The van der Waals surface area contributed by atoms with Crippen LogP contribution < -0.4 is 16.8 Å². The molecule has 0 atom stereocenters. The average molecular weight is 243 g/mol. The summed E-state index contributed by atoms with van der Waals surface area (Å²) < 4.78 is 1.43. The maximum atomic E-state index is 12.0. The van der Waals surface area contributed by atoms with Crippen LogP contribution in [0.1, 0.15) is 10.4 Å². The van der Waals surface area contributed by atoms with Gasteiger partial charge in [-0.2, -0.15) is 0 Å². The summed E-state index contributed by atoms with van der Waals surface area (Å²) in [5.74, 6) is 4.44. The van der Waals surface area contributed by atoms with Crippen molar-refractivity contribution in [2.24, 2.45) is 12.9 Å². The summed E-state index contributed by atoms with van der Waals surface area (Å²) in [4.78, 5) is 23.4. The highest BCUT2D eigenvalue weighted by molar-refractivity contribution is 5.93. The number of pyridine rings is 1. The number of carbonyl (C=O) groups is 1. The first-order valence-electron chi connectivity index (χ1n) is 5.41. The normalized spacial score (nSPS) is 10.1. The van der Waals surface area contributed by atoms with E-state index in [4.69, 9.17) is 5.84 Å². The number of hydrogen-bond acceptors (Lipinski definition) is 3. The Balaban J connectivity index is 2.58. The number of aromatic nitrogens is 1. The van der Waals surface area contributed by atoms with Crippen LogP contribution in [0, 0.1) is 0 Å². The third kappa shape index (κ3) is 2.03. The van der Waals surface area contributed by atoms with Gasteiger partial charge in [0.1, 0.15) is 5.56 Å². The lowest BCUT2D eigenvalue weighted by Crippen LogP contribution is -2.36. The van der Waals surface area contributed by atoms with E-state index in [1.807, 2.05) is 35.8 Å².